The fourth-order valence-electron chi connectivity index (χ4n) is 0.513. The van der Waals surface area contributed by atoms with Crippen LogP contribution in [0, 0.1) is 0 Å². The SMILES string of the molecule is O=S(=O)(NO)c1sccc1Br. The monoisotopic (exact) mass is 257 g/mol. The molecule has 0 unspecified atom stereocenters. The van der Waals surface area contributed by atoms with Crippen molar-refractivity contribution in [2.75, 3.05) is 0 Å². The van der Waals surface area contributed by atoms with Crippen LogP contribution in [0.15, 0.2) is 20.1 Å². The Bertz CT molecular complexity index is 344. The molecule has 7 heteroatoms. The molecule has 11 heavy (non-hydrogen) atoms. The second kappa shape index (κ2) is 3.20. The van der Waals surface area contributed by atoms with Crippen molar-refractivity contribution in [3.63, 3.8) is 0 Å². The zero-order chi connectivity index (χ0) is 8.48. The van der Waals surface area contributed by atoms with Crippen molar-refractivity contribution in [1.29, 1.82) is 0 Å². The number of nitrogens with one attached hydrogen (secondary N) is 1. The van der Waals surface area contributed by atoms with Crippen LogP contribution < -0.4 is 4.89 Å². The van der Waals surface area contributed by atoms with Gasteiger partial charge in [0.05, 0.1) is 0 Å². The van der Waals surface area contributed by atoms with E-state index in [4.69, 9.17) is 5.21 Å². The lowest BCUT2D eigenvalue weighted by molar-refractivity contribution is 0.243. The van der Waals surface area contributed by atoms with Crippen LogP contribution in [-0.2, 0) is 10.0 Å². The first-order chi connectivity index (χ1) is 5.08. The second-order valence-corrected chi connectivity index (χ2v) is 5.28. The van der Waals surface area contributed by atoms with Crippen molar-refractivity contribution in [1.82, 2.24) is 4.89 Å². The minimum absolute atomic E-state index is 0.0694. The Morgan fingerprint density at radius 1 is 1.64 bits per heavy atom. The van der Waals surface area contributed by atoms with Gasteiger partial charge in [-0.15, -0.1) is 11.3 Å². The summed E-state index contributed by atoms with van der Waals surface area (Å²) in [5.74, 6) is 0. The maximum absolute atomic E-state index is 10.9. The van der Waals surface area contributed by atoms with Crippen LogP contribution in [0.1, 0.15) is 0 Å². The van der Waals surface area contributed by atoms with Gasteiger partial charge in [0.2, 0.25) is 0 Å². The Morgan fingerprint density at radius 3 is 2.64 bits per heavy atom. The van der Waals surface area contributed by atoms with Gasteiger partial charge < -0.3 is 5.21 Å². The number of halogens is 1. The highest BCUT2D eigenvalue weighted by Crippen LogP contribution is 2.26. The summed E-state index contributed by atoms with van der Waals surface area (Å²) >= 11 is 4.05. The van der Waals surface area contributed by atoms with E-state index >= 15 is 0 Å². The number of hydrogen-bond donors (Lipinski definition) is 2. The third kappa shape index (κ3) is 1.79. The lowest BCUT2D eigenvalue weighted by Crippen LogP contribution is -2.18. The van der Waals surface area contributed by atoms with Crippen molar-refractivity contribution >= 4 is 37.3 Å². The Balaban J connectivity index is 3.22. The molecule has 2 N–H and O–H groups in total. The molecule has 0 aliphatic heterocycles. The third-order valence-corrected chi connectivity index (χ3v) is 4.74. The summed E-state index contributed by atoms with van der Waals surface area (Å²) < 4.78 is 22.3. The minimum atomic E-state index is -3.71. The lowest BCUT2D eigenvalue weighted by Gasteiger charge is -1.96. The summed E-state index contributed by atoms with van der Waals surface area (Å²) in [5, 5.41) is 9.84. The number of sulfonamides is 1. The Kier molecular flexibility index (Phi) is 2.66. The first kappa shape index (κ1) is 9.14. The molecule has 0 aliphatic carbocycles. The molecule has 0 spiro atoms. The van der Waals surface area contributed by atoms with E-state index in [9.17, 15) is 8.42 Å². The molecular formula is C4H4BrNO3S2. The smallest absolute Gasteiger partial charge is 0.272 e. The Labute approximate surface area is 76.0 Å². The molecule has 1 aromatic heterocycles. The molecule has 0 amide bonds. The van der Waals surface area contributed by atoms with E-state index in [1.807, 2.05) is 0 Å². The second-order valence-electron chi connectivity index (χ2n) is 1.65. The molecule has 0 atom stereocenters. The van der Waals surface area contributed by atoms with E-state index in [-0.39, 0.29) is 4.21 Å². The minimum Gasteiger partial charge on any atom is -0.302 e. The summed E-state index contributed by atoms with van der Waals surface area (Å²) in [7, 11) is -3.71. The van der Waals surface area contributed by atoms with E-state index in [1.165, 1.54) is 4.89 Å². The van der Waals surface area contributed by atoms with Crippen LogP contribution in [0.2, 0.25) is 0 Å². The van der Waals surface area contributed by atoms with Crippen molar-refractivity contribution in [2.45, 2.75) is 4.21 Å². The van der Waals surface area contributed by atoms with E-state index in [0.29, 0.717) is 4.47 Å². The van der Waals surface area contributed by atoms with Gasteiger partial charge in [-0.05, 0) is 27.4 Å². The summed E-state index contributed by atoms with van der Waals surface area (Å²) in [6.45, 7) is 0. The Hall–Kier alpha value is 0.0500. The van der Waals surface area contributed by atoms with Crippen LogP contribution in [-0.4, -0.2) is 13.6 Å². The first-order valence-electron chi connectivity index (χ1n) is 2.47. The quantitative estimate of drug-likeness (QED) is 0.783. The predicted octanol–water partition coefficient (Wildman–Crippen LogP) is 1.18. The van der Waals surface area contributed by atoms with Crippen molar-refractivity contribution in [3.05, 3.63) is 15.9 Å². The summed E-state index contributed by atoms with van der Waals surface area (Å²) in [4.78, 5) is 1.24. The maximum atomic E-state index is 10.9. The highest BCUT2D eigenvalue weighted by atomic mass is 79.9. The maximum Gasteiger partial charge on any atom is 0.272 e. The molecule has 0 fully saturated rings. The fraction of sp³-hybridized carbons (Fsp3) is 0. The fourth-order valence-corrected chi connectivity index (χ4v) is 3.44. The van der Waals surface area contributed by atoms with Gasteiger partial charge in [-0.2, -0.15) is 0 Å². The van der Waals surface area contributed by atoms with Gasteiger partial charge in [0, 0.05) is 4.47 Å². The van der Waals surface area contributed by atoms with Crippen molar-refractivity contribution in [3.8, 4) is 0 Å². The molecule has 0 bridgehead atoms. The molecule has 0 saturated carbocycles. The van der Waals surface area contributed by atoms with Gasteiger partial charge in [0.1, 0.15) is 0 Å². The highest BCUT2D eigenvalue weighted by molar-refractivity contribution is 9.10. The topological polar surface area (TPSA) is 66.4 Å². The van der Waals surface area contributed by atoms with Gasteiger partial charge >= 0.3 is 0 Å². The van der Waals surface area contributed by atoms with Crippen LogP contribution in [0.25, 0.3) is 0 Å². The van der Waals surface area contributed by atoms with E-state index in [2.05, 4.69) is 15.9 Å². The highest BCUT2D eigenvalue weighted by Gasteiger charge is 2.17. The van der Waals surface area contributed by atoms with Gasteiger partial charge in [0.25, 0.3) is 10.0 Å². The molecule has 4 nitrogen and oxygen atoms in total. The van der Waals surface area contributed by atoms with Crippen LogP contribution in [0.4, 0.5) is 0 Å². The largest absolute Gasteiger partial charge is 0.302 e. The van der Waals surface area contributed by atoms with Crippen molar-refractivity contribution < 1.29 is 13.6 Å². The number of rotatable bonds is 2. The molecule has 0 aromatic carbocycles. The normalized spacial score (nSPS) is 11.8. The van der Waals surface area contributed by atoms with Crippen LogP contribution in [0.3, 0.4) is 0 Å². The van der Waals surface area contributed by atoms with Gasteiger partial charge in [0.15, 0.2) is 4.21 Å². The van der Waals surface area contributed by atoms with E-state index in [0.717, 1.165) is 11.3 Å². The first-order valence-corrected chi connectivity index (χ1v) is 5.62. The van der Waals surface area contributed by atoms with Gasteiger partial charge in [-0.25, -0.2) is 8.42 Å². The lowest BCUT2D eigenvalue weighted by atomic mass is 10.7. The molecule has 0 aliphatic rings. The molecular weight excluding hydrogens is 254 g/mol. The number of thiophene rings is 1. The average molecular weight is 258 g/mol. The standard InChI is InChI=1S/C4H4BrNO3S2/c5-3-1-2-10-4(3)11(8,9)6-7/h1-2,6-7H. The molecule has 1 aromatic rings. The molecule has 1 heterocycles. The average Bonchev–Trinajstić information content (AvgIpc) is 2.36. The van der Waals surface area contributed by atoms with Crippen LogP contribution in [0.5, 0.6) is 0 Å². The number of hydrogen-bond acceptors (Lipinski definition) is 4. The summed E-state index contributed by atoms with van der Waals surface area (Å²) in [6, 6.07) is 1.59. The summed E-state index contributed by atoms with van der Waals surface area (Å²) in [5.41, 5.74) is 0. The summed E-state index contributed by atoms with van der Waals surface area (Å²) in [6.07, 6.45) is 0. The van der Waals surface area contributed by atoms with E-state index < -0.39 is 10.0 Å². The zero-order valence-electron chi connectivity index (χ0n) is 5.11. The Morgan fingerprint density at radius 2 is 2.27 bits per heavy atom. The zero-order valence-corrected chi connectivity index (χ0v) is 8.33. The predicted molar refractivity (Wildman–Crippen MR) is 44.1 cm³/mol. The molecule has 1 rings (SSSR count). The molecule has 62 valence electrons. The third-order valence-electron chi connectivity index (χ3n) is 0.949. The molecule has 0 radical (unpaired) electrons. The van der Waals surface area contributed by atoms with Crippen LogP contribution >= 0.6 is 27.3 Å². The molecule has 0 saturated heterocycles. The van der Waals surface area contributed by atoms with Gasteiger partial charge in [-0.1, -0.05) is 4.89 Å². The van der Waals surface area contributed by atoms with E-state index in [1.54, 1.807) is 11.4 Å². The van der Waals surface area contributed by atoms with Crippen molar-refractivity contribution in [2.24, 2.45) is 0 Å². The van der Waals surface area contributed by atoms with Gasteiger partial charge in [-0.3, -0.25) is 0 Å².